The number of carbonyl (C=O) groups excluding carboxylic acids is 1. The maximum atomic E-state index is 11.8. The van der Waals surface area contributed by atoms with Crippen molar-refractivity contribution < 1.29 is 9.53 Å². The number of methoxy groups -OCH3 is 1. The highest BCUT2D eigenvalue weighted by molar-refractivity contribution is 5.78. The van der Waals surface area contributed by atoms with Gasteiger partial charge in [-0.2, -0.15) is 0 Å². The van der Waals surface area contributed by atoms with E-state index in [1.807, 2.05) is 32.0 Å². The van der Waals surface area contributed by atoms with E-state index in [0.29, 0.717) is 6.42 Å². The lowest BCUT2D eigenvalue weighted by molar-refractivity contribution is -0.121. The van der Waals surface area contributed by atoms with Crippen LogP contribution in [0.1, 0.15) is 37.8 Å². The Hall–Kier alpha value is -1.51. The second-order valence-corrected chi connectivity index (χ2v) is 4.74. The van der Waals surface area contributed by atoms with Crippen LogP contribution < -0.4 is 10.1 Å². The highest BCUT2D eigenvalue weighted by Gasteiger charge is 2.08. The van der Waals surface area contributed by atoms with Crippen LogP contribution in [0.25, 0.3) is 0 Å². The lowest BCUT2D eigenvalue weighted by Crippen LogP contribution is -2.33. The largest absolute Gasteiger partial charge is 0.496 e. The summed E-state index contributed by atoms with van der Waals surface area (Å²) >= 11 is 0. The minimum Gasteiger partial charge on any atom is -0.496 e. The van der Waals surface area contributed by atoms with Crippen molar-refractivity contribution in [3.05, 3.63) is 29.3 Å². The molecule has 0 heterocycles. The van der Waals surface area contributed by atoms with Crippen molar-refractivity contribution in [1.29, 1.82) is 0 Å². The zero-order valence-corrected chi connectivity index (χ0v) is 11.7. The summed E-state index contributed by atoms with van der Waals surface area (Å²) < 4.78 is 5.20. The molecule has 3 nitrogen and oxygen atoms in total. The Morgan fingerprint density at radius 2 is 2.17 bits per heavy atom. The number of rotatable bonds is 6. The molecule has 3 heteroatoms. The number of benzene rings is 1. The molecule has 0 aliphatic rings. The summed E-state index contributed by atoms with van der Waals surface area (Å²) in [7, 11) is 1.65. The molecule has 1 unspecified atom stereocenters. The minimum absolute atomic E-state index is 0.0838. The van der Waals surface area contributed by atoms with Crippen molar-refractivity contribution in [2.45, 2.75) is 46.1 Å². The Bertz CT molecular complexity index is 401. The maximum absolute atomic E-state index is 11.8. The molecule has 18 heavy (non-hydrogen) atoms. The van der Waals surface area contributed by atoms with Gasteiger partial charge in [-0.15, -0.1) is 0 Å². The van der Waals surface area contributed by atoms with Crippen LogP contribution in [-0.2, 0) is 11.2 Å². The summed E-state index contributed by atoms with van der Waals surface area (Å²) in [6, 6.07) is 6.11. The van der Waals surface area contributed by atoms with Crippen molar-refractivity contribution in [1.82, 2.24) is 5.32 Å². The zero-order valence-electron chi connectivity index (χ0n) is 11.7. The highest BCUT2D eigenvalue weighted by atomic mass is 16.5. The Kier molecular flexibility index (Phi) is 5.69. The van der Waals surface area contributed by atoms with E-state index in [-0.39, 0.29) is 11.9 Å². The van der Waals surface area contributed by atoms with Crippen molar-refractivity contribution in [2.75, 3.05) is 7.11 Å². The molecule has 0 bridgehead atoms. The number of hydrogen-bond acceptors (Lipinski definition) is 2. The van der Waals surface area contributed by atoms with E-state index >= 15 is 0 Å². The number of amides is 1. The first-order chi connectivity index (χ1) is 8.56. The molecule has 1 aromatic rings. The van der Waals surface area contributed by atoms with E-state index in [1.165, 1.54) is 0 Å². The van der Waals surface area contributed by atoms with Crippen LogP contribution in [-0.4, -0.2) is 19.1 Å². The van der Waals surface area contributed by atoms with E-state index in [0.717, 1.165) is 29.7 Å². The molecule has 100 valence electrons. The van der Waals surface area contributed by atoms with Crippen molar-refractivity contribution in [3.63, 3.8) is 0 Å². The molecule has 0 aliphatic carbocycles. The normalized spacial score (nSPS) is 12.0. The van der Waals surface area contributed by atoms with Crippen LogP contribution in [0.2, 0.25) is 0 Å². The van der Waals surface area contributed by atoms with Crippen LogP contribution in [0.5, 0.6) is 5.75 Å². The number of aryl methyl sites for hydroxylation is 1. The van der Waals surface area contributed by atoms with Gasteiger partial charge in [0.1, 0.15) is 5.75 Å². The number of hydrogen-bond donors (Lipinski definition) is 1. The topological polar surface area (TPSA) is 38.3 Å². The molecular formula is C15H23NO2. The van der Waals surface area contributed by atoms with E-state index in [9.17, 15) is 4.79 Å². The Morgan fingerprint density at radius 1 is 1.44 bits per heavy atom. The van der Waals surface area contributed by atoms with Gasteiger partial charge in [-0.1, -0.05) is 25.5 Å². The second-order valence-electron chi connectivity index (χ2n) is 4.74. The molecule has 0 saturated carbocycles. The van der Waals surface area contributed by atoms with Crippen LogP contribution in [0.4, 0.5) is 0 Å². The first-order valence-corrected chi connectivity index (χ1v) is 6.49. The van der Waals surface area contributed by atoms with Crippen LogP contribution in [0.3, 0.4) is 0 Å². The van der Waals surface area contributed by atoms with Crippen molar-refractivity contribution in [3.8, 4) is 5.75 Å². The molecule has 0 fully saturated rings. The van der Waals surface area contributed by atoms with Gasteiger partial charge in [0, 0.05) is 6.04 Å². The van der Waals surface area contributed by atoms with Gasteiger partial charge in [-0.05, 0) is 37.5 Å². The number of nitrogens with one attached hydrogen (secondary N) is 1. The predicted octanol–water partition coefficient (Wildman–Crippen LogP) is 2.85. The monoisotopic (exact) mass is 249 g/mol. The van der Waals surface area contributed by atoms with Crippen LogP contribution in [0.15, 0.2) is 18.2 Å². The average molecular weight is 249 g/mol. The Balaban J connectivity index is 2.57. The smallest absolute Gasteiger partial charge is 0.224 e. The summed E-state index contributed by atoms with van der Waals surface area (Å²) in [4.78, 5) is 11.8. The van der Waals surface area contributed by atoms with Crippen molar-refractivity contribution in [2.24, 2.45) is 0 Å². The summed E-state index contributed by atoms with van der Waals surface area (Å²) in [5.74, 6) is 0.944. The molecule has 0 aromatic heterocycles. The molecule has 0 spiro atoms. The summed E-state index contributed by atoms with van der Waals surface area (Å²) in [6.45, 7) is 6.15. The van der Waals surface area contributed by atoms with Crippen LogP contribution in [0, 0.1) is 6.92 Å². The van der Waals surface area contributed by atoms with E-state index in [4.69, 9.17) is 4.74 Å². The molecule has 1 aromatic carbocycles. The highest BCUT2D eigenvalue weighted by Crippen LogP contribution is 2.18. The molecule has 1 rings (SSSR count). The van der Waals surface area contributed by atoms with E-state index in [1.54, 1.807) is 7.11 Å². The molecule has 1 atom stereocenters. The minimum atomic E-state index is 0.0838. The van der Waals surface area contributed by atoms with Gasteiger partial charge >= 0.3 is 0 Å². The predicted molar refractivity (Wildman–Crippen MR) is 73.9 cm³/mol. The first kappa shape index (κ1) is 14.6. The molecule has 0 saturated heterocycles. The molecule has 1 N–H and O–H groups in total. The van der Waals surface area contributed by atoms with Gasteiger partial charge in [0.25, 0.3) is 0 Å². The Labute approximate surface area is 110 Å². The fraction of sp³-hybridized carbons (Fsp3) is 0.533. The van der Waals surface area contributed by atoms with Crippen molar-refractivity contribution >= 4 is 5.91 Å². The summed E-state index contributed by atoms with van der Waals surface area (Å²) in [5.41, 5.74) is 2.08. The Morgan fingerprint density at radius 3 is 2.72 bits per heavy atom. The SMILES string of the molecule is CCCC(C)NC(=O)Cc1ccc(OC)c(C)c1. The summed E-state index contributed by atoms with van der Waals surface area (Å²) in [5, 5.41) is 3.01. The number of carbonyl (C=O) groups is 1. The van der Waals surface area contributed by atoms with Gasteiger partial charge < -0.3 is 10.1 Å². The van der Waals surface area contributed by atoms with Crippen LogP contribution >= 0.6 is 0 Å². The first-order valence-electron chi connectivity index (χ1n) is 6.49. The molecular weight excluding hydrogens is 226 g/mol. The third kappa shape index (κ3) is 4.40. The van der Waals surface area contributed by atoms with E-state index in [2.05, 4.69) is 12.2 Å². The average Bonchev–Trinajstić information content (AvgIpc) is 2.29. The van der Waals surface area contributed by atoms with E-state index < -0.39 is 0 Å². The fourth-order valence-corrected chi connectivity index (χ4v) is 2.07. The second kappa shape index (κ2) is 7.04. The quantitative estimate of drug-likeness (QED) is 0.842. The van der Waals surface area contributed by atoms with Gasteiger partial charge in [0.15, 0.2) is 0 Å². The molecule has 1 amide bonds. The third-order valence-electron chi connectivity index (χ3n) is 2.95. The van der Waals surface area contributed by atoms with Gasteiger partial charge in [0.2, 0.25) is 5.91 Å². The van der Waals surface area contributed by atoms with Gasteiger partial charge in [0.05, 0.1) is 13.5 Å². The summed E-state index contributed by atoms with van der Waals surface area (Å²) in [6.07, 6.45) is 2.54. The fourth-order valence-electron chi connectivity index (χ4n) is 2.07. The van der Waals surface area contributed by atoms with Gasteiger partial charge in [-0.3, -0.25) is 4.79 Å². The third-order valence-corrected chi connectivity index (χ3v) is 2.95. The zero-order chi connectivity index (χ0) is 13.5. The lowest BCUT2D eigenvalue weighted by atomic mass is 10.1. The maximum Gasteiger partial charge on any atom is 0.224 e. The molecule has 0 aliphatic heterocycles. The lowest BCUT2D eigenvalue weighted by Gasteiger charge is -2.13. The molecule has 0 radical (unpaired) electrons. The van der Waals surface area contributed by atoms with Gasteiger partial charge in [-0.25, -0.2) is 0 Å². The standard InChI is InChI=1S/C15H23NO2/c1-5-6-12(3)16-15(17)10-13-7-8-14(18-4)11(2)9-13/h7-9,12H,5-6,10H2,1-4H3,(H,16,17). The number of ether oxygens (including phenoxy) is 1.